The Morgan fingerprint density at radius 2 is 1.78 bits per heavy atom. The monoisotopic (exact) mass is 360 g/mol. The first-order chi connectivity index (χ1) is 10.6. The third-order valence-electron chi connectivity index (χ3n) is 4.40. The topological polar surface area (TPSA) is 67.4 Å². The fourth-order valence-corrected chi connectivity index (χ4v) is 4.64. The number of hydrogen-bond acceptors (Lipinski definition) is 4. The summed E-state index contributed by atoms with van der Waals surface area (Å²) in [4.78, 5) is 0.308. The van der Waals surface area contributed by atoms with Crippen LogP contribution < -0.4 is 14.8 Å². The lowest BCUT2D eigenvalue weighted by Crippen LogP contribution is -2.47. The quantitative estimate of drug-likeness (QED) is 0.817. The molecule has 7 heteroatoms. The summed E-state index contributed by atoms with van der Waals surface area (Å²) >= 11 is 0. The Balaban J connectivity index is 0.00000192. The smallest absolute Gasteiger partial charge is 0.240 e. The first-order valence-corrected chi connectivity index (χ1v) is 9.56. The molecule has 1 aromatic carbocycles. The van der Waals surface area contributed by atoms with Gasteiger partial charge in [0.25, 0.3) is 0 Å². The van der Waals surface area contributed by atoms with E-state index in [4.69, 9.17) is 4.74 Å². The Hall–Kier alpha value is -0.820. The molecule has 0 spiro atoms. The number of hydrogen-bond donors (Lipinski definition) is 2. The van der Waals surface area contributed by atoms with Crippen LogP contribution in [-0.2, 0) is 10.0 Å². The van der Waals surface area contributed by atoms with Gasteiger partial charge in [0.05, 0.1) is 11.5 Å². The van der Waals surface area contributed by atoms with E-state index in [9.17, 15) is 8.42 Å². The van der Waals surface area contributed by atoms with Crippen molar-refractivity contribution in [3.8, 4) is 5.75 Å². The Morgan fingerprint density at radius 3 is 2.35 bits per heavy atom. The van der Waals surface area contributed by atoms with E-state index >= 15 is 0 Å². The highest BCUT2D eigenvalue weighted by Crippen LogP contribution is 2.28. The van der Waals surface area contributed by atoms with Crippen molar-refractivity contribution in [1.82, 2.24) is 10.0 Å². The normalized spacial score (nSPS) is 26.6. The average molecular weight is 361 g/mol. The van der Waals surface area contributed by atoms with Gasteiger partial charge in [-0.25, -0.2) is 13.1 Å². The Morgan fingerprint density at radius 1 is 1.17 bits per heavy atom. The number of fused-ring (bicyclic) bond motifs is 2. The number of sulfonamides is 1. The van der Waals surface area contributed by atoms with E-state index in [1.807, 2.05) is 6.92 Å². The third-order valence-corrected chi connectivity index (χ3v) is 5.94. The Bertz CT molecular complexity index is 594. The van der Waals surface area contributed by atoms with Crippen LogP contribution >= 0.6 is 12.4 Å². The third kappa shape index (κ3) is 4.59. The summed E-state index contributed by atoms with van der Waals surface area (Å²) in [6.45, 7) is 2.68. The predicted molar refractivity (Wildman–Crippen MR) is 92.8 cm³/mol. The van der Waals surface area contributed by atoms with Crippen LogP contribution in [0.5, 0.6) is 5.75 Å². The van der Waals surface area contributed by atoms with Crippen LogP contribution in [0.15, 0.2) is 29.2 Å². The fourth-order valence-electron chi connectivity index (χ4n) is 3.38. The average Bonchev–Trinajstić information content (AvgIpc) is 2.84. The standard InChI is InChI=1S/C16H24N2O3S.ClH/c1-2-9-21-15-5-7-16(8-6-15)22(19,20)18-14-10-12-3-4-13(11-14)17-12;/h5-8,12-14,17-18H,2-4,9-11H2,1H3;1H. The number of rotatable bonds is 6. The van der Waals surface area contributed by atoms with Gasteiger partial charge in [-0.3, -0.25) is 0 Å². The lowest BCUT2D eigenvalue weighted by molar-refractivity contribution is 0.317. The molecule has 2 unspecified atom stereocenters. The van der Waals surface area contributed by atoms with Crippen LogP contribution in [0.2, 0.25) is 0 Å². The molecule has 2 fully saturated rings. The molecule has 2 N–H and O–H groups in total. The molecule has 1 aromatic rings. The lowest BCUT2D eigenvalue weighted by Gasteiger charge is -2.29. The minimum absolute atomic E-state index is 0. The van der Waals surface area contributed by atoms with Gasteiger partial charge in [-0.05, 0) is 56.4 Å². The zero-order valence-electron chi connectivity index (χ0n) is 13.3. The second-order valence-electron chi connectivity index (χ2n) is 6.25. The molecule has 2 aliphatic rings. The second kappa shape index (κ2) is 7.83. The van der Waals surface area contributed by atoms with Crippen molar-refractivity contribution < 1.29 is 13.2 Å². The van der Waals surface area contributed by atoms with Crippen LogP contribution in [-0.4, -0.2) is 33.2 Å². The molecule has 23 heavy (non-hydrogen) atoms. The molecular formula is C16H25ClN2O3S. The van der Waals surface area contributed by atoms with Gasteiger partial charge in [0.1, 0.15) is 5.75 Å². The summed E-state index contributed by atoms with van der Waals surface area (Å²) in [7, 11) is -3.45. The first kappa shape index (κ1) is 18.5. The molecule has 2 heterocycles. The molecule has 2 bridgehead atoms. The minimum atomic E-state index is -3.45. The van der Waals surface area contributed by atoms with Crippen LogP contribution in [0, 0.1) is 0 Å². The highest BCUT2D eigenvalue weighted by Gasteiger charge is 2.35. The molecule has 0 aromatic heterocycles. The summed E-state index contributed by atoms with van der Waals surface area (Å²) in [5, 5.41) is 3.52. The molecule has 0 saturated carbocycles. The van der Waals surface area contributed by atoms with Gasteiger partial charge in [0.2, 0.25) is 10.0 Å². The van der Waals surface area contributed by atoms with Crippen LogP contribution in [0.25, 0.3) is 0 Å². The lowest BCUT2D eigenvalue weighted by atomic mass is 10.0. The van der Waals surface area contributed by atoms with Crippen molar-refractivity contribution in [2.75, 3.05) is 6.61 Å². The van der Waals surface area contributed by atoms with Crippen molar-refractivity contribution in [2.45, 2.75) is 62.0 Å². The predicted octanol–water partition coefficient (Wildman–Crippen LogP) is 2.46. The molecule has 130 valence electrons. The number of ether oxygens (including phenoxy) is 1. The SMILES string of the molecule is CCCOc1ccc(S(=O)(=O)NC2CC3CCC(C2)N3)cc1.Cl. The summed E-state index contributed by atoms with van der Waals surface area (Å²) in [6, 6.07) is 7.64. The van der Waals surface area contributed by atoms with Gasteiger partial charge in [-0.2, -0.15) is 0 Å². The highest BCUT2D eigenvalue weighted by atomic mass is 35.5. The summed E-state index contributed by atoms with van der Waals surface area (Å²) < 4.78 is 33.3. The van der Waals surface area contributed by atoms with Crippen LogP contribution in [0.4, 0.5) is 0 Å². The maximum absolute atomic E-state index is 12.5. The van der Waals surface area contributed by atoms with E-state index in [1.165, 1.54) is 0 Å². The molecule has 2 saturated heterocycles. The highest BCUT2D eigenvalue weighted by molar-refractivity contribution is 7.89. The number of nitrogens with one attached hydrogen (secondary N) is 2. The van der Waals surface area contributed by atoms with Crippen molar-refractivity contribution in [2.24, 2.45) is 0 Å². The number of halogens is 1. The Labute approximate surface area is 144 Å². The van der Waals surface area contributed by atoms with Crippen molar-refractivity contribution in [3.63, 3.8) is 0 Å². The maximum atomic E-state index is 12.5. The van der Waals surface area contributed by atoms with Crippen LogP contribution in [0.1, 0.15) is 39.0 Å². The van der Waals surface area contributed by atoms with E-state index < -0.39 is 10.0 Å². The van der Waals surface area contributed by atoms with Crippen LogP contribution in [0.3, 0.4) is 0 Å². The van der Waals surface area contributed by atoms with Gasteiger partial charge in [0.15, 0.2) is 0 Å². The van der Waals surface area contributed by atoms with Crippen molar-refractivity contribution in [3.05, 3.63) is 24.3 Å². The molecule has 5 nitrogen and oxygen atoms in total. The zero-order chi connectivity index (χ0) is 15.6. The summed E-state index contributed by atoms with van der Waals surface area (Å²) in [5.74, 6) is 0.709. The van der Waals surface area contributed by atoms with E-state index in [1.54, 1.807) is 24.3 Å². The Kier molecular flexibility index (Phi) is 6.31. The number of benzene rings is 1. The van der Waals surface area contributed by atoms with Gasteiger partial charge in [-0.1, -0.05) is 6.92 Å². The molecule has 2 aliphatic heterocycles. The fraction of sp³-hybridized carbons (Fsp3) is 0.625. The van der Waals surface area contributed by atoms with E-state index in [-0.39, 0.29) is 18.4 Å². The minimum Gasteiger partial charge on any atom is -0.494 e. The van der Waals surface area contributed by atoms with Crippen molar-refractivity contribution in [1.29, 1.82) is 0 Å². The largest absolute Gasteiger partial charge is 0.494 e. The zero-order valence-corrected chi connectivity index (χ0v) is 15.0. The van der Waals surface area contributed by atoms with E-state index in [2.05, 4.69) is 10.0 Å². The molecular weight excluding hydrogens is 336 g/mol. The number of piperidine rings is 1. The van der Waals surface area contributed by atoms with Gasteiger partial charge >= 0.3 is 0 Å². The second-order valence-corrected chi connectivity index (χ2v) is 7.96. The maximum Gasteiger partial charge on any atom is 0.240 e. The van der Waals surface area contributed by atoms with E-state index in [0.717, 1.165) is 32.1 Å². The first-order valence-electron chi connectivity index (χ1n) is 8.08. The molecule has 3 rings (SSSR count). The molecule has 2 atom stereocenters. The summed E-state index contributed by atoms with van der Waals surface area (Å²) in [6.07, 6.45) is 5.01. The van der Waals surface area contributed by atoms with Gasteiger partial charge in [-0.15, -0.1) is 12.4 Å². The van der Waals surface area contributed by atoms with Crippen molar-refractivity contribution >= 4 is 22.4 Å². The summed E-state index contributed by atoms with van der Waals surface area (Å²) in [5.41, 5.74) is 0. The van der Waals surface area contributed by atoms with E-state index in [0.29, 0.717) is 29.3 Å². The van der Waals surface area contributed by atoms with Gasteiger partial charge in [0, 0.05) is 18.1 Å². The molecule has 0 aliphatic carbocycles. The van der Waals surface area contributed by atoms with Gasteiger partial charge < -0.3 is 10.1 Å². The molecule has 0 amide bonds. The molecule has 0 radical (unpaired) electrons.